The van der Waals surface area contributed by atoms with Crippen LogP contribution in [-0.4, -0.2) is 245 Å². The van der Waals surface area contributed by atoms with E-state index in [0.29, 0.717) is 51.6 Å². The Hall–Kier alpha value is -8.90. The maximum absolute atomic E-state index is 12.3. The molecule has 8 aliphatic heterocycles. The van der Waals surface area contributed by atoms with Gasteiger partial charge in [0, 0.05) is 90.8 Å². The molecule has 5 aromatic carbocycles. The molecule has 3 saturated heterocycles. The first-order valence-corrected chi connectivity index (χ1v) is 46.2. The topological polar surface area (TPSA) is 352 Å². The van der Waals surface area contributed by atoms with Gasteiger partial charge in [-0.3, -0.25) is 18.9 Å². The predicted molar refractivity (Wildman–Crippen MR) is 558 cm³/mol. The number of rotatable bonds is 6. The Labute approximate surface area is 866 Å². The Morgan fingerprint density at radius 3 is 1.31 bits per heavy atom. The minimum atomic E-state index is -4.64. The largest absolute Gasteiger partial charge is 1.00 e. The number of aldehydes is 1. The third kappa shape index (κ3) is 41.8. The van der Waals surface area contributed by atoms with Crippen molar-refractivity contribution in [2.75, 3.05) is 111 Å². The summed E-state index contributed by atoms with van der Waals surface area (Å²) < 4.78 is 71.3. The standard InChI is InChI=1S/C17H22N2O3.C16H19ClN2O2.C16H20N2O2.C11H12N2O.C11H12N2.C10H18O5.2C6H15N.C4H9ClO.C2HF3O.CH4O.5CH4.Na.H2O/c1-16(2,3)22-15(20)19-10-9-17(11-19)12-7-5-6-8-13(12)18-14(17)21-4;1-15(2,3)21-14(20)19-9-8-16(17)11-6-4-5-7-12(11)18-13(16)10-19;1-16(2,3)20-15(19)18-9-8-12-11-6-4-5-7-13(11)17-14(12)10-18;14-10-11(5-6-12-7-11)8-3-1-2-4-9(8)13-10;1-2-4-10-8(3-1)9-5-6-12-7-11(9)13-10;1-9(2,3)14-7(11)13-8(12)15-10(4,5)6;2*1-4-7(5-2)6-3;1-4(2,3)6-5;3-2(4,5)1-6;1-2;;;;;;;/h5-8H,9-11H2,1-4H3;4-7H,8-10H2,1-3H3;4-7,17H,8-10H2,1-3H3;1-4,12H,5-7H2,(H,13,14);1-4,12-13H,5-7H2;1-6H3;2*4-6H2,1-3H3;1-3H3;1H;2H,1H3;5*1H4;;1H2/q;;;;;;;;;;;;;;;;+1;/p-1. The van der Waals surface area contributed by atoms with E-state index in [1.807, 2.05) is 150 Å². The monoisotopic (exact) mass is 2020 g/mol. The van der Waals surface area contributed by atoms with E-state index in [1.165, 1.54) is 72.4 Å². The number of aliphatic hydroxyl groups excluding tert-OH is 1. The van der Waals surface area contributed by atoms with Crippen molar-refractivity contribution in [1.82, 2.24) is 45.1 Å². The molecule has 0 bridgehead atoms. The summed E-state index contributed by atoms with van der Waals surface area (Å²) >= 11 is 11.8. The summed E-state index contributed by atoms with van der Waals surface area (Å²) in [6.45, 7) is 60.1. The van der Waals surface area contributed by atoms with Gasteiger partial charge in [0.1, 0.15) is 32.9 Å². The van der Waals surface area contributed by atoms with Gasteiger partial charge in [0.05, 0.1) is 65.6 Å². The molecule has 15 rings (SSSR count). The Kier molecular flexibility index (Phi) is 58.6. The SMILES string of the molecule is C.C.C.C.C.CC(C)(C)OC(=O)N1CCC2(Cl)C(=Nc3ccccc32)C1.CC(C)(C)OC(=O)N1CCc2c([nH]c3ccccc23)C1.CC(C)(C)OC(=O)OC(=O)OC(C)(C)C.CC(C)(C)OCl.CCN(CC)CC.CCN(CC)CC.CO.COC1=Nc2ccccc2C12CCN(C(=O)OC(C)(C)C)C2.O=C1Nc2ccccc2C12CCNC2.O=CC(F)(F)F.[Na+].[OH-].c1ccc2c3c([nH]c2c1)CNCC3. The number of halogens is 5. The molecular formula is C105H168Cl2F3N12NaO17. The summed E-state index contributed by atoms with van der Waals surface area (Å²) in [6.07, 6.45) is -4.24. The number of carbonyl (C=O) groups excluding carboxylic acids is 7. The summed E-state index contributed by atoms with van der Waals surface area (Å²) in [5, 5.41) is 19.3. The number of methoxy groups -OCH3 is 1. The van der Waals surface area contributed by atoms with Crippen LogP contribution in [-0.2, 0) is 88.7 Å². The van der Waals surface area contributed by atoms with E-state index in [1.54, 1.807) is 63.4 Å². The summed E-state index contributed by atoms with van der Waals surface area (Å²) in [5.41, 5.74) is 11.1. The number of aliphatic imine (C=N–C) groups is 2. The molecule has 3 unspecified atom stereocenters. The number of carbonyl (C=O) groups is 7. The molecule has 2 spiro atoms. The molecule has 3 fully saturated rings. The third-order valence-electron chi connectivity index (χ3n) is 21.5. The van der Waals surface area contributed by atoms with Gasteiger partial charge in [-0.15, -0.1) is 11.6 Å². The van der Waals surface area contributed by atoms with Crippen LogP contribution in [0.25, 0.3) is 21.8 Å². The van der Waals surface area contributed by atoms with Crippen LogP contribution in [0.5, 0.6) is 0 Å². The molecule has 2 aromatic heterocycles. The van der Waals surface area contributed by atoms with Gasteiger partial charge in [0.15, 0.2) is 0 Å². The Balaban J connectivity index is -0.00000152. The van der Waals surface area contributed by atoms with Crippen LogP contribution < -0.4 is 45.5 Å². The minimum absolute atomic E-state index is 0. The number of benzene rings is 5. The fourth-order valence-electron chi connectivity index (χ4n) is 15.2. The van der Waals surface area contributed by atoms with E-state index in [0.717, 1.165) is 110 Å². The van der Waals surface area contributed by atoms with Crippen molar-refractivity contribution in [3.8, 4) is 0 Å². The van der Waals surface area contributed by atoms with Crippen LogP contribution in [0.3, 0.4) is 0 Å². The summed E-state index contributed by atoms with van der Waals surface area (Å²) in [7, 11) is 2.64. The van der Waals surface area contributed by atoms with E-state index in [-0.39, 0.29) is 113 Å². The van der Waals surface area contributed by atoms with E-state index < -0.39 is 57.7 Å². The number of aliphatic hydroxyl groups is 1. The number of H-pyrrole nitrogens is 2. The van der Waals surface area contributed by atoms with Gasteiger partial charge in [0.25, 0.3) is 0 Å². The number of hydrogen-bond donors (Lipinski definition) is 6. The minimum Gasteiger partial charge on any atom is -0.870 e. The molecular weight excluding hydrogens is 1850 g/mol. The third-order valence-corrected chi connectivity index (χ3v) is 22.6. The molecule has 0 radical (unpaired) electrons. The van der Waals surface area contributed by atoms with E-state index in [4.69, 9.17) is 61.8 Å². The molecule has 0 saturated carbocycles. The van der Waals surface area contributed by atoms with Crippen LogP contribution in [0.2, 0.25) is 0 Å². The first kappa shape index (κ1) is 135. The van der Waals surface area contributed by atoms with Crippen molar-refractivity contribution in [1.29, 1.82) is 0 Å². The van der Waals surface area contributed by atoms with E-state index in [2.05, 4.69) is 151 Å². The number of fused-ring (bicyclic) bond motifs is 13. The van der Waals surface area contributed by atoms with Crippen molar-refractivity contribution in [2.24, 2.45) is 9.98 Å². The first-order valence-electron chi connectivity index (χ1n) is 45.6. The molecule has 10 heterocycles. The number of aromatic nitrogens is 2. The summed E-state index contributed by atoms with van der Waals surface area (Å²) in [6, 6.07) is 40.7. The van der Waals surface area contributed by atoms with Crippen molar-refractivity contribution >= 4 is 117 Å². The van der Waals surface area contributed by atoms with Crippen LogP contribution in [0, 0.1) is 0 Å². The van der Waals surface area contributed by atoms with Gasteiger partial charge in [-0.05, 0) is 262 Å². The molecule has 786 valence electrons. The zero-order valence-electron chi connectivity index (χ0n) is 84.5. The number of hydrogen-bond acceptors (Lipinski definition) is 23. The average Bonchev–Trinajstić information content (AvgIpc) is 1.58. The fraction of sp³-hybridized carbons (Fsp3) is 0.590. The van der Waals surface area contributed by atoms with Crippen LogP contribution in [0.4, 0.5) is 54.2 Å². The smallest absolute Gasteiger partial charge is 0.870 e. The zero-order valence-corrected chi connectivity index (χ0v) is 88.0. The van der Waals surface area contributed by atoms with E-state index >= 15 is 0 Å². The van der Waals surface area contributed by atoms with Crippen LogP contribution in [0.1, 0.15) is 262 Å². The number of likely N-dealkylation sites (tertiary alicyclic amines) is 2. The molecule has 8 aliphatic rings. The Bertz CT molecular complexity index is 4930. The molecule has 29 nitrogen and oxygen atoms in total. The van der Waals surface area contributed by atoms with Gasteiger partial charge in [-0.25, -0.2) is 29.0 Å². The second kappa shape index (κ2) is 60.6. The van der Waals surface area contributed by atoms with Crippen molar-refractivity contribution < 1.29 is 124 Å². The maximum Gasteiger partial charge on any atom is 1.00 e. The molecule has 3 atom stereocenters. The van der Waals surface area contributed by atoms with E-state index in [9.17, 15) is 41.9 Å². The number of aromatic amines is 2. The number of nitrogens with one attached hydrogen (secondary N) is 5. The molecule has 7 N–H and O–H groups in total. The number of amides is 4. The first-order chi connectivity index (χ1) is 62.2. The quantitative estimate of drug-likeness (QED) is 0.0225. The van der Waals surface area contributed by atoms with Crippen LogP contribution >= 0.6 is 23.5 Å². The second-order valence-electron chi connectivity index (χ2n) is 38.4. The zero-order chi connectivity index (χ0) is 99.9. The number of nitrogens with zero attached hydrogens (tertiary/aromatic N) is 7. The van der Waals surface area contributed by atoms with Gasteiger partial charge in [-0.1, -0.05) is 170 Å². The fourth-order valence-corrected chi connectivity index (χ4v) is 15.6. The molecule has 4 amide bonds. The number of ether oxygens (including phenoxy) is 7. The van der Waals surface area contributed by atoms with Gasteiger partial charge in [0.2, 0.25) is 18.1 Å². The average molecular weight is 2020 g/mol. The van der Waals surface area contributed by atoms with Crippen LogP contribution in [0.15, 0.2) is 131 Å². The van der Waals surface area contributed by atoms with Crippen molar-refractivity contribution in [3.05, 3.63) is 161 Å². The molecule has 35 heteroatoms. The molecule has 0 aliphatic carbocycles. The van der Waals surface area contributed by atoms with Gasteiger partial charge in [-0.2, -0.15) is 13.2 Å². The summed E-state index contributed by atoms with van der Waals surface area (Å²) in [4.78, 5) is 105. The molecule has 140 heavy (non-hydrogen) atoms. The van der Waals surface area contributed by atoms with Crippen molar-refractivity contribution in [3.63, 3.8) is 0 Å². The Morgan fingerprint density at radius 1 is 0.493 bits per heavy atom. The van der Waals surface area contributed by atoms with Gasteiger partial charge >= 0.3 is 66.3 Å². The predicted octanol–water partition coefficient (Wildman–Crippen LogP) is 21.1. The molecule has 7 aromatic rings. The second-order valence-corrected chi connectivity index (χ2v) is 39.2. The maximum atomic E-state index is 12.3. The summed E-state index contributed by atoms with van der Waals surface area (Å²) in [5.74, 6) is 0.850. The Morgan fingerprint density at radius 2 is 0.886 bits per heavy atom. The number of anilines is 1. The number of alkyl halides is 4. The normalized spacial score (nSPS) is 17.2. The van der Waals surface area contributed by atoms with Gasteiger partial charge < -0.3 is 94.2 Å². The number of piperidine rings is 1. The van der Waals surface area contributed by atoms with Crippen molar-refractivity contribution in [2.45, 2.75) is 304 Å². The number of para-hydroxylation sites is 5.